The van der Waals surface area contributed by atoms with Gasteiger partial charge in [0.25, 0.3) is 0 Å². The predicted molar refractivity (Wildman–Crippen MR) is 64.0 cm³/mol. The number of hydrogen-bond donors (Lipinski definition) is 0. The van der Waals surface area contributed by atoms with E-state index in [1.807, 2.05) is 0 Å². The zero-order valence-corrected chi connectivity index (χ0v) is 9.86. The third-order valence-corrected chi connectivity index (χ3v) is 3.70. The number of thioether (sulfide) groups is 1. The van der Waals surface area contributed by atoms with Gasteiger partial charge in [0, 0.05) is 11.8 Å². The van der Waals surface area contributed by atoms with Gasteiger partial charge in [-0.1, -0.05) is 0 Å². The van der Waals surface area contributed by atoms with Crippen LogP contribution in [0.3, 0.4) is 0 Å². The van der Waals surface area contributed by atoms with Crippen molar-refractivity contribution in [2.75, 3.05) is 5.75 Å². The van der Waals surface area contributed by atoms with Crippen LogP contribution in [0.4, 0.5) is 8.78 Å². The van der Waals surface area contributed by atoms with Crippen molar-refractivity contribution < 1.29 is 8.78 Å². The first-order chi connectivity index (χ1) is 7.63. The molecule has 1 heterocycles. The van der Waals surface area contributed by atoms with Gasteiger partial charge in [-0.15, -0.1) is 11.8 Å². The molecule has 0 aliphatic carbocycles. The second-order valence-electron chi connectivity index (χ2n) is 3.96. The predicted octanol–water partition coefficient (Wildman–Crippen LogP) is 3.43. The van der Waals surface area contributed by atoms with E-state index in [0.29, 0.717) is 18.0 Å². The summed E-state index contributed by atoms with van der Waals surface area (Å²) < 4.78 is 25.8. The van der Waals surface area contributed by atoms with Crippen molar-refractivity contribution >= 4 is 16.8 Å². The third kappa shape index (κ3) is 3.04. The molecule has 1 aliphatic heterocycles. The number of nitrogens with zero attached hydrogens (tertiary/aromatic N) is 1. The molecule has 0 saturated heterocycles. The van der Waals surface area contributed by atoms with Gasteiger partial charge in [0.15, 0.2) is 0 Å². The summed E-state index contributed by atoms with van der Waals surface area (Å²) in [6.07, 6.45) is 1.42. The minimum atomic E-state index is -0.510. The Balaban J connectivity index is 1.97. The van der Waals surface area contributed by atoms with Crippen molar-refractivity contribution in [2.24, 2.45) is 4.99 Å². The molecule has 0 N–H and O–H groups in total. The van der Waals surface area contributed by atoms with Crippen LogP contribution in [0.5, 0.6) is 0 Å². The van der Waals surface area contributed by atoms with Gasteiger partial charge >= 0.3 is 0 Å². The fourth-order valence-corrected chi connectivity index (χ4v) is 2.69. The van der Waals surface area contributed by atoms with Gasteiger partial charge < -0.3 is 0 Å². The first-order valence-electron chi connectivity index (χ1n) is 5.28. The molecule has 4 heteroatoms. The molecule has 1 aromatic carbocycles. The quantitative estimate of drug-likeness (QED) is 0.789. The van der Waals surface area contributed by atoms with Gasteiger partial charge in [-0.25, -0.2) is 8.78 Å². The summed E-state index contributed by atoms with van der Waals surface area (Å²) in [7, 11) is 0. The van der Waals surface area contributed by atoms with Crippen LogP contribution in [0.25, 0.3) is 0 Å². The van der Waals surface area contributed by atoms with E-state index in [-0.39, 0.29) is 0 Å². The first-order valence-corrected chi connectivity index (χ1v) is 6.26. The Bertz CT molecular complexity index is 397. The van der Waals surface area contributed by atoms with E-state index in [2.05, 4.69) is 11.9 Å². The molecule has 1 aliphatic rings. The highest BCUT2D eigenvalue weighted by molar-refractivity contribution is 8.14. The maximum atomic E-state index is 12.9. The van der Waals surface area contributed by atoms with E-state index < -0.39 is 11.6 Å². The van der Waals surface area contributed by atoms with Gasteiger partial charge in [0.05, 0.1) is 11.1 Å². The Hall–Kier alpha value is -0.900. The Morgan fingerprint density at radius 1 is 1.25 bits per heavy atom. The summed E-state index contributed by atoms with van der Waals surface area (Å²) in [4.78, 5) is 4.44. The maximum Gasteiger partial charge on any atom is 0.126 e. The second kappa shape index (κ2) is 4.95. The number of rotatable bonds is 3. The van der Waals surface area contributed by atoms with Gasteiger partial charge in [-0.05, 0) is 37.5 Å². The van der Waals surface area contributed by atoms with Crippen molar-refractivity contribution in [1.82, 2.24) is 0 Å². The van der Waals surface area contributed by atoms with Crippen molar-refractivity contribution in [2.45, 2.75) is 25.8 Å². The average molecular weight is 241 g/mol. The van der Waals surface area contributed by atoms with E-state index in [9.17, 15) is 8.78 Å². The Morgan fingerprint density at radius 2 is 1.94 bits per heavy atom. The second-order valence-corrected chi connectivity index (χ2v) is 5.05. The van der Waals surface area contributed by atoms with Crippen molar-refractivity contribution in [1.29, 1.82) is 0 Å². The highest BCUT2D eigenvalue weighted by Crippen LogP contribution is 2.21. The lowest BCUT2D eigenvalue weighted by atomic mass is 10.1. The highest BCUT2D eigenvalue weighted by Gasteiger charge is 2.13. The van der Waals surface area contributed by atoms with Gasteiger partial charge in [0.1, 0.15) is 11.6 Å². The molecule has 16 heavy (non-hydrogen) atoms. The van der Waals surface area contributed by atoms with E-state index in [1.165, 1.54) is 12.1 Å². The van der Waals surface area contributed by atoms with Crippen LogP contribution in [-0.4, -0.2) is 16.8 Å². The van der Waals surface area contributed by atoms with E-state index in [1.54, 1.807) is 11.8 Å². The number of halogens is 2. The normalized spacial score (nSPS) is 19.9. The standard InChI is InChI=1S/C12H13F2NS/c1-8-7-16-12(15-8)3-2-9-4-10(13)6-11(14)5-9/h4-6,8H,2-3,7H2,1H3. The Morgan fingerprint density at radius 3 is 2.50 bits per heavy atom. The molecule has 0 amide bonds. The van der Waals surface area contributed by atoms with E-state index in [0.717, 1.165) is 23.3 Å². The SMILES string of the molecule is CC1CSC(CCc2cc(F)cc(F)c2)=N1. The van der Waals surface area contributed by atoms with E-state index in [4.69, 9.17) is 0 Å². The summed E-state index contributed by atoms with van der Waals surface area (Å²) in [6, 6.07) is 4.04. The first kappa shape index (κ1) is 11.6. The molecule has 0 radical (unpaired) electrons. The number of aryl methyl sites for hydroxylation is 1. The number of aliphatic imine (C=N–C) groups is 1. The third-order valence-electron chi connectivity index (χ3n) is 2.41. The van der Waals surface area contributed by atoms with Crippen LogP contribution < -0.4 is 0 Å². The molecule has 1 unspecified atom stereocenters. The molecule has 0 bridgehead atoms. The molecule has 1 atom stereocenters. The highest BCUT2D eigenvalue weighted by atomic mass is 32.2. The Labute approximate surface area is 98.0 Å². The molecule has 0 saturated carbocycles. The molecular weight excluding hydrogens is 228 g/mol. The molecule has 86 valence electrons. The van der Waals surface area contributed by atoms with Crippen LogP contribution in [0, 0.1) is 11.6 Å². The monoisotopic (exact) mass is 241 g/mol. The van der Waals surface area contributed by atoms with Crippen LogP contribution in [-0.2, 0) is 6.42 Å². The van der Waals surface area contributed by atoms with Gasteiger partial charge in [-0.3, -0.25) is 4.99 Å². The molecular formula is C12H13F2NS. The summed E-state index contributed by atoms with van der Waals surface area (Å²) in [5.41, 5.74) is 0.695. The fraction of sp³-hybridized carbons (Fsp3) is 0.417. The zero-order chi connectivity index (χ0) is 11.5. The van der Waals surface area contributed by atoms with Gasteiger partial charge in [-0.2, -0.15) is 0 Å². The summed E-state index contributed by atoms with van der Waals surface area (Å²) in [6.45, 7) is 2.07. The van der Waals surface area contributed by atoms with Crippen LogP contribution >= 0.6 is 11.8 Å². The van der Waals surface area contributed by atoms with Crippen molar-refractivity contribution in [3.63, 3.8) is 0 Å². The summed E-state index contributed by atoms with van der Waals surface area (Å²) in [5, 5.41) is 1.09. The molecule has 1 nitrogen and oxygen atoms in total. The lowest BCUT2D eigenvalue weighted by Gasteiger charge is -2.01. The molecule has 0 fully saturated rings. The number of benzene rings is 1. The molecule has 0 aromatic heterocycles. The van der Waals surface area contributed by atoms with Crippen molar-refractivity contribution in [3.8, 4) is 0 Å². The lowest BCUT2D eigenvalue weighted by Crippen LogP contribution is -1.95. The smallest absolute Gasteiger partial charge is 0.126 e. The van der Waals surface area contributed by atoms with Crippen LogP contribution in [0.1, 0.15) is 18.9 Å². The minimum Gasteiger partial charge on any atom is -0.279 e. The van der Waals surface area contributed by atoms with Crippen molar-refractivity contribution in [3.05, 3.63) is 35.4 Å². The number of hydrogen-bond acceptors (Lipinski definition) is 2. The molecule has 2 rings (SSSR count). The summed E-state index contributed by atoms with van der Waals surface area (Å²) in [5.74, 6) is 0.00102. The zero-order valence-electron chi connectivity index (χ0n) is 9.04. The summed E-state index contributed by atoms with van der Waals surface area (Å²) >= 11 is 1.74. The van der Waals surface area contributed by atoms with Crippen LogP contribution in [0.15, 0.2) is 23.2 Å². The lowest BCUT2D eigenvalue weighted by molar-refractivity contribution is 0.580. The molecule has 0 spiro atoms. The average Bonchev–Trinajstić information content (AvgIpc) is 2.60. The topological polar surface area (TPSA) is 12.4 Å². The Kier molecular flexibility index (Phi) is 3.59. The van der Waals surface area contributed by atoms with Gasteiger partial charge in [0.2, 0.25) is 0 Å². The minimum absolute atomic E-state index is 0.379. The maximum absolute atomic E-state index is 12.9. The largest absolute Gasteiger partial charge is 0.279 e. The molecule has 1 aromatic rings. The van der Waals surface area contributed by atoms with Crippen LogP contribution in [0.2, 0.25) is 0 Å². The fourth-order valence-electron chi connectivity index (χ4n) is 1.68. The van der Waals surface area contributed by atoms with E-state index >= 15 is 0 Å².